The monoisotopic (exact) mass is 349 g/mol. The second kappa shape index (κ2) is 12.7. The number of ether oxygens (including phenoxy) is 1. The Morgan fingerprint density at radius 1 is 0.920 bits per heavy atom. The largest absolute Gasteiger partial charge is 0.461 e. The average Bonchev–Trinajstić information content (AvgIpc) is 2.98. The standard InChI is InChI=1S/C21H35NO3/c1-4-6-7-8-9-10-11-12-13-14-15-19(23)18-16-22-20(17(18)3)21(24)25-5-2/h16,22H,4-15H2,1-3H3. The molecule has 0 amide bonds. The van der Waals surface area contributed by atoms with E-state index in [0.717, 1.165) is 12.8 Å². The quantitative estimate of drug-likeness (QED) is 0.255. The van der Waals surface area contributed by atoms with E-state index in [9.17, 15) is 9.59 Å². The number of hydrogen-bond donors (Lipinski definition) is 1. The topological polar surface area (TPSA) is 59.2 Å². The molecule has 0 bridgehead atoms. The van der Waals surface area contributed by atoms with Crippen LogP contribution in [0.2, 0.25) is 0 Å². The van der Waals surface area contributed by atoms with Crippen molar-refractivity contribution in [3.05, 3.63) is 23.0 Å². The van der Waals surface area contributed by atoms with Gasteiger partial charge in [-0.2, -0.15) is 0 Å². The van der Waals surface area contributed by atoms with Crippen LogP contribution in [-0.4, -0.2) is 23.3 Å². The van der Waals surface area contributed by atoms with E-state index in [1.165, 1.54) is 51.4 Å². The first-order valence-electron chi connectivity index (χ1n) is 10.00. The predicted octanol–water partition coefficient (Wildman–Crippen LogP) is 5.99. The van der Waals surface area contributed by atoms with Crippen molar-refractivity contribution in [1.29, 1.82) is 0 Å². The van der Waals surface area contributed by atoms with E-state index in [1.54, 1.807) is 20.0 Å². The van der Waals surface area contributed by atoms with E-state index in [2.05, 4.69) is 11.9 Å². The maximum absolute atomic E-state index is 12.3. The minimum Gasteiger partial charge on any atom is -0.461 e. The Bertz CT molecular complexity index is 519. The Balaban J connectivity index is 2.20. The molecule has 0 aliphatic rings. The maximum atomic E-state index is 12.3. The van der Waals surface area contributed by atoms with Crippen LogP contribution in [0.4, 0.5) is 0 Å². The van der Waals surface area contributed by atoms with Crippen molar-refractivity contribution < 1.29 is 14.3 Å². The molecule has 0 fully saturated rings. The molecule has 4 nitrogen and oxygen atoms in total. The number of aromatic nitrogens is 1. The van der Waals surface area contributed by atoms with Crippen LogP contribution >= 0.6 is 0 Å². The van der Waals surface area contributed by atoms with Gasteiger partial charge in [0.25, 0.3) is 0 Å². The van der Waals surface area contributed by atoms with Crippen molar-refractivity contribution in [2.75, 3.05) is 6.61 Å². The third-order valence-corrected chi connectivity index (χ3v) is 4.68. The van der Waals surface area contributed by atoms with Crippen molar-refractivity contribution in [2.45, 2.75) is 91.4 Å². The van der Waals surface area contributed by atoms with Crippen LogP contribution in [-0.2, 0) is 4.74 Å². The average molecular weight is 350 g/mol. The van der Waals surface area contributed by atoms with E-state index < -0.39 is 5.97 Å². The van der Waals surface area contributed by atoms with Gasteiger partial charge in [0.2, 0.25) is 0 Å². The third kappa shape index (κ3) is 7.89. The van der Waals surface area contributed by atoms with Gasteiger partial charge in [0.15, 0.2) is 5.78 Å². The smallest absolute Gasteiger partial charge is 0.355 e. The Hall–Kier alpha value is -1.58. The summed E-state index contributed by atoms with van der Waals surface area (Å²) in [7, 11) is 0. The summed E-state index contributed by atoms with van der Waals surface area (Å²) < 4.78 is 4.99. The predicted molar refractivity (Wildman–Crippen MR) is 102 cm³/mol. The number of aromatic amines is 1. The minimum atomic E-state index is -0.391. The maximum Gasteiger partial charge on any atom is 0.355 e. The number of unbranched alkanes of at least 4 members (excludes halogenated alkanes) is 9. The summed E-state index contributed by atoms with van der Waals surface area (Å²) in [6, 6.07) is 0. The van der Waals surface area contributed by atoms with Gasteiger partial charge in [0, 0.05) is 18.2 Å². The van der Waals surface area contributed by atoms with Crippen molar-refractivity contribution in [1.82, 2.24) is 4.98 Å². The molecule has 0 spiro atoms. The van der Waals surface area contributed by atoms with Gasteiger partial charge in [-0.05, 0) is 25.8 Å². The van der Waals surface area contributed by atoms with E-state index in [4.69, 9.17) is 4.74 Å². The lowest BCUT2D eigenvalue weighted by atomic mass is 10.0. The summed E-state index contributed by atoms with van der Waals surface area (Å²) in [5.74, 6) is -0.276. The molecular weight excluding hydrogens is 314 g/mol. The molecule has 25 heavy (non-hydrogen) atoms. The zero-order valence-electron chi connectivity index (χ0n) is 16.3. The molecule has 0 aliphatic carbocycles. The Morgan fingerprint density at radius 3 is 2.04 bits per heavy atom. The summed E-state index contributed by atoms with van der Waals surface area (Å²) in [4.78, 5) is 27.0. The number of ketones is 1. The SMILES string of the molecule is CCCCCCCCCCCCC(=O)c1c[nH]c(C(=O)OCC)c1C. The lowest BCUT2D eigenvalue weighted by molar-refractivity contribution is 0.0519. The molecule has 1 N–H and O–H groups in total. The number of esters is 1. The number of hydrogen-bond acceptors (Lipinski definition) is 3. The normalized spacial score (nSPS) is 10.8. The van der Waals surface area contributed by atoms with Crippen LogP contribution in [0.5, 0.6) is 0 Å². The highest BCUT2D eigenvalue weighted by Gasteiger charge is 2.18. The summed E-state index contributed by atoms with van der Waals surface area (Å²) in [5, 5.41) is 0. The second-order valence-electron chi connectivity index (χ2n) is 6.78. The fourth-order valence-electron chi connectivity index (χ4n) is 3.11. The second-order valence-corrected chi connectivity index (χ2v) is 6.78. The van der Waals surface area contributed by atoms with Gasteiger partial charge in [-0.15, -0.1) is 0 Å². The summed E-state index contributed by atoms with van der Waals surface area (Å²) >= 11 is 0. The molecule has 0 aromatic carbocycles. The molecule has 0 saturated carbocycles. The molecule has 1 aromatic rings. The molecule has 1 aromatic heterocycles. The van der Waals surface area contributed by atoms with E-state index >= 15 is 0 Å². The molecule has 0 aliphatic heterocycles. The highest BCUT2D eigenvalue weighted by atomic mass is 16.5. The first kappa shape index (κ1) is 21.5. The van der Waals surface area contributed by atoms with E-state index in [0.29, 0.717) is 29.8 Å². The van der Waals surface area contributed by atoms with Gasteiger partial charge in [0.05, 0.1) is 6.61 Å². The number of carbonyl (C=O) groups excluding carboxylic acids is 2. The van der Waals surface area contributed by atoms with Crippen LogP contribution in [0.15, 0.2) is 6.20 Å². The van der Waals surface area contributed by atoms with Crippen molar-refractivity contribution >= 4 is 11.8 Å². The minimum absolute atomic E-state index is 0.115. The highest BCUT2D eigenvalue weighted by molar-refractivity contribution is 6.01. The van der Waals surface area contributed by atoms with Crippen LogP contribution in [0.3, 0.4) is 0 Å². The van der Waals surface area contributed by atoms with Gasteiger partial charge in [0.1, 0.15) is 5.69 Å². The van der Waals surface area contributed by atoms with Crippen LogP contribution in [0.1, 0.15) is 111 Å². The summed E-state index contributed by atoms with van der Waals surface area (Å²) in [5.41, 5.74) is 1.72. The number of H-pyrrole nitrogens is 1. The zero-order chi connectivity index (χ0) is 18.5. The van der Waals surface area contributed by atoms with Gasteiger partial charge in [-0.25, -0.2) is 4.79 Å². The lowest BCUT2D eigenvalue weighted by Crippen LogP contribution is -2.07. The van der Waals surface area contributed by atoms with Gasteiger partial charge in [-0.3, -0.25) is 4.79 Å². The van der Waals surface area contributed by atoms with Gasteiger partial charge >= 0.3 is 5.97 Å². The Kier molecular flexibility index (Phi) is 10.9. The lowest BCUT2D eigenvalue weighted by Gasteiger charge is -2.03. The van der Waals surface area contributed by atoms with Gasteiger partial charge in [-0.1, -0.05) is 64.7 Å². The molecular formula is C21H35NO3. The summed E-state index contributed by atoms with van der Waals surface area (Å²) in [6.07, 6.45) is 14.8. The Morgan fingerprint density at radius 2 is 1.48 bits per heavy atom. The van der Waals surface area contributed by atoms with Crippen LogP contribution in [0.25, 0.3) is 0 Å². The fraction of sp³-hybridized carbons (Fsp3) is 0.714. The van der Waals surface area contributed by atoms with Crippen LogP contribution in [0, 0.1) is 6.92 Å². The van der Waals surface area contributed by atoms with Crippen molar-refractivity contribution in [2.24, 2.45) is 0 Å². The van der Waals surface area contributed by atoms with E-state index in [1.807, 2.05) is 0 Å². The number of Topliss-reactive ketones (excluding diaryl/α,β-unsaturated/α-hetero) is 1. The molecule has 0 atom stereocenters. The number of carbonyl (C=O) groups is 2. The molecule has 0 unspecified atom stereocenters. The summed E-state index contributed by atoms with van der Waals surface area (Å²) in [6.45, 7) is 6.15. The fourth-order valence-corrected chi connectivity index (χ4v) is 3.11. The molecule has 4 heteroatoms. The first-order valence-corrected chi connectivity index (χ1v) is 10.00. The zero-order valence-corrected chi connectivity index (χ0v) is 16.3. The van der Waals surface area contributed by atoms with Gasteiger partial charge < -0.3 is 9.72 Å². The molecule has 1 heterocycles. The van der Waals surface area contributed by atoms with E-state index in [-0.39, 0.29) is 5.78 Å². The molecule has 0 radical (unpaired) electrons. The molecule has 1 rings (SSSR count). The highest BCUT2D eigenvalue weighted by Crippen LogP contribution is 2.18. The molecule has 142 valence electrons. The third-order valence-electron chi connectivity index (χ3n) is 4.68. The Labute approximate surface area is 152 Å². The number of nitrogens with one attached hydrogen (secondary N) is 1. The van der Waals surface area contributed by atoms with Crippen LogP contribution < -0.4 is 0 Å². The van der Waals surface area contributed by atoms with Crippen molar-refractivity contribution in [3.63, 3.8) is 0 Å². The first-order chi connectivity index (χ1) is 12.1. The van der Waals surface area contributed by atoms with Crippen molar-refractivity contribution in [3.8, 4) is 0 Å². The molecule has 0 saturated heterocycles. The number of rotatable bonds is 14.